The van der Waals surface area contributed by atoms with E-state index in [0.717, 1.165) is 177 Å². The van der Waals surface area contributed by atoms with Crippen LogP contribution >= 0.6 is 0 Å². The Morgan fingerprint density at radius 2 is 0.644 bits per heavy atom. The van der Waals surface area contributed by atoms with Gasteiger partial charge in [-0.1, -0.05) is 276 Å². The number of carbonyl (C=O) groups is 5. The lowest BCUT2D eigenvalue weighted by Gasteiger charge is -2.34. The van der Waals surface area contributed by atoms with E-state index in [-0.39, 0.29) is 43.3 Å². The van der Waals surface area contributed by atoms with Gasteiger partial charge in [-0.15, -0.1) is 0 Å². The van der Waals surface area contributed by atoms with Gasteiger partial charge in [0.1, 0.15) is 6.54 Å². The van der Waals surface area contributed by atoms with Crippen LogP contribution in [0.3, 0.4) is 0 Å². The van der Waals surface area contributed by atoms with Crippen LogP contribution in [-0.4, -0.2) is 55.4 Å². The van der Waals surface area contributed by atoms with E-state index < -0.39 is 36.3 Å². The molecule has 0 spiro atoms. The number of carboxylic acids is 1. The number of aromatic nitrogens is 2. The summed E-state index contributed by atoms with van der Waals surface area (Å²) in [6, 6.07) is 65.1. The highest BCUT2D eigenvalue weighted by Gasteiger charge is 2.38. The van der Waals surface area contributed by atoms with Crippen molar-refractivity contribution in [2.75, 3.05) is 16.3 Å². The van der Waals surface area contributed by atoms with Gasteiger partial charge in [-0.05, 0) is 212 Å². The molecule has 1 N–H and O–H groups in total. The number of aryl methyl sites for hydroxylation is 2. The number of anilines is 6. The number of fused-ring (bicyclic) bond motifs is 8. The molecule has 12 nitrogen and oxygen atoms in total. The number of aliphatic carboxylic acids is 1. The molecule has 0 bridgehead atoms. The smallest absolute Gasteiger partial charge is 0.346 e. The van der Waals surface area contributed by atoms with Gasteiger partial charge in [0.25, 0.3) is 11.8 Å². The number of hydrogen-bond donors (Lipinski definition) is 1. The second kappa shape index (κ2) is 32.4. The van der Waals surface area contributed by atoms with Crippen molar-refractivity contribution >= 4 is 129 Å². The zero-order valence-electron chi connectivity index (χ0n) is 74.6. The van der Waals surface area contributed by atoms with Crippen LogP contribution in [0.1, 0.15) is 293 Å². The molecule has 0 atom stereocenters. The lowest BCUT2D eigenvalue weighted by molar-refractivity contribution is -0.137. The Balaban J connectivity index is 0.000000205. The van der Waals surface area contributed by atoms with E-state index in [2.05, 4.69) is 305 Å². The Morgan fingerprint density at radius 1 is 0.331 bits per heavy atom. The van der Waals surface area contributed by atoms with E-state index in [0.29, 0.717) is 33.0 Å². The Kier molecular flexibility index (Phi) is 23.5. The monoisotopic (exact) mass is 1580 g/mol. The highest BCUT2D eigenvalue weighted by Crippen LogP contribution is 2.50. The first kappa shape index (κ1) is 85.5. The number of unbranched alkanes of at least 4 members (excludes halogenated alkanes) is 6. The van der Waals surface area contributed by atoms with Crippen molar-refractivity contribution in [3.63, 3.8) is 0 Å². The number of esters is 2. The summed E-state index contributed by atoms with van der Waals surface area (Å²) in [5.41, 5.74) is 18.2. The van der Waals surface area contributed by atoms with Crippen LogP contribution in [0.15, 0.2) is 182 Å². The molecule has 2 aliphatic heterocycles. The van der Waals surface area contributed by atoms with Crippen LogP contribution < -0.4 is 9.80 Å². The average Bonchev–Trinajstić information content (AvgIpc) is 1.55. The summed E-state index contributed by atoms with van der Waals surface area (Å²) in [6.07, 6.45) is 13.0. The van der Waals surface area contributed by atoms with Crippen LogP contribution in [0.4, 0.5) is 34.1 Å². The average molecular weight is 1580 g/mol. The van der Waals surface area contributed by atoms with E-state index in [4.69, 9.17) is 4.74 Å². The maximum Gasteiger partial charge on any atom is 0.346 e. The van der Waals surface area contributed by atoms with Crippen molar-refractivity contribution in [1.82, 2.24) is 14.0 Å². The predicted octanol–water partition coefficient (Wildman–Crippen LogP) is 28.8. The van der Waals surface area contributed by atoms with Crippen molar-refractivity contribution in [3.05, 3.63) is 226 Å². The van der Waals surface area contributed by atoms with E-state index in [1.807, 2.05) is 36.4 Å². The molecule has 12 heteroatoms. The summed E-state index contributed by atoms with van der Waals surface area (Å²) in [5.74, 6) is -3.54. The topological polar surface area (TPSA) is 134 Å². The van der Waals surface area contributed by atoms with Crippen molar-refractivity contribution in [2.45, 2.75) is 264 Å². The highest BCUT2D eigenvalue weighted by molar-refractivity contribution is 6.33. The summed E-state index contributed by atoms with van der Waals surface area (Å²) < 4.78 is 9.97. The first-order valence-corrected chi connectivity index (χ1v) is 43.3. The van der Waals surface area contributed by atoms with Crippen molar-refractivity contribution in [1.29, 1.82) is 0 Å². The molecule has 618 valence electrons. The van der Waals surface area contributed by atoms with E-state index >= 15 is 0 Å². The van der Waals surface area contributed by atoms with Gasteiger partial charge < -0.3 is 28.8 Å². The zero-order chi connectivity index (χ0) is 85.3. The second-order valence-corrected chi connectivity index (χ2v) is 41.5. The lowest BCUT2D eigenvalue weighted by atomic mass is 9.72. The molecule has 4 heterocycles. The van der Waals surface area contributed by atoms with Crippen LogP contribution in [-0.2, 0) is 44.3 Å². The highest BCUT2D eigenvalue weighted by atomic mass is 16.6. The summed E-state index contributed by atoms with van der Waals surface area (Å²) in [6.45, 7) is 51.8. The van der Waals surface area contributed by atoms with Crippen LogP contribution in [0, 0.1) is 21.7 Å². The first-order chi connectivity index (χ1) is 55.4. The molecule has 118 heavy (non-hydrogen) atoms. The molecule has 0 saturated carbocycles. The minimum Gasteiger partial charge on any atom is -0.480 e. The van der Waals surface area contributed by atoms with Gasteiger partial charge in [-0.25, -0.2) is 9.59 Å². The molecule has 2 aromatic heterocycles. The largest absolute Gasteiger partial charge is 0.480 e. The SMILES string of the molecule is CCCCCCn1c2cc(N(c3ccc(C(C)(C)CC(C)(C)C)cc3)c3ccc(C(C)(C)CC(C)(C)C)cc3)ccc2c2c3cccc4c3c(cc21)C(=O)N(CC(=O)O)C4=O.CCCCCCn1c2cc(N(c3ccc(C(C)(C)CC(C)(C)C)cc3)c3ccc(C(C)(C)CC(C)(C)C)cc3)ccc2c2c3cccc4c3c(cc21)C(=O)OC4=O. The standard InChI is InChI=1S/C54H65N3O4.C52H62N2O3/c1-12-13-14-15-29-55-44-30-39(27-28-40(44)48-41-17-16-18-42-47(41)43(31-45(48)55)50(61)56(49(42)60)32-46(58)59)57(37-23-19-35(20-24-37)53(8,9)33-51(2,3)4)38-25-21-36(22-26-38)54(10,11)34-52(5,6)7;1-12-13-14-15-29-53-43-30-38(27-28-39(43)46-40-17-16-18-41-45(40)42(31-44(46)53)48(56)57-47(41)55)54(36-23-19-34(20-24-36)51(8,9)32-49(2,3)4)37-25-21-35(22-26-37)52(10,11)33-50(5,6)7/h16-28,30-31H,12-15,29,32-34H2,1-11H3,(H,58,59);16-28,30-31H,12-15,29,32-33H2,1-11H3. The first-order valence-electron chi connectivity index (χ1n) is 43.3. The molecular weight excluding hydrogens is 1460 g/mol. The fraction of sp³-hybridized carbons (Fsp3) is 0.425. The minimum atomic E-state index is -1.23. The summed E-state index contributed by atoms with van der Waals surface area (Å²) >= 11 is 0. The third-order valence-corrected chi connectivity index (χ3v) is 24.3. The molecule has 10 aromatic carbocycles. The Labute approximate surface area is 701 Å². The molecular formula is C106H127N5O7. The van der Waals surface area contributed by atoms with E-state index in [1.165, 1.54) is 28.7 Å². The number of rotatable bonds is 26. The number of imide groups is 1. The molecule has 14 rings (SSSR count). The number of carbonyl (C=O) groups excluding carboxylic acids is 4. The number of nitrogens with zero attached hydrogens (tertiary/aromatic N) is 5. The molecule has 2 aliphatic rings. The molecule has 12 aromatic rings. The molecule has 0 radical (unpaired) electrons. The molecule has 2 amide bonds. The minimum absolute atomic E-state index is 0.000872. The van der Waals surface area contributed by atoms with Gasteiger partial charge in [0, 0.05) is 85.1 Å². The van der Waals surface area contributed by atoms with Gasteiger partial charge in [-0.2, -0.15) is 0 Å². The molecule has 0 aliphatic carbocycles. The molecule has 0 unspecified atom stereocenters. The van der Waals surface area contributed by atoms with E-state index in [1.54, 1.807) is 12.1 Å². The fourth-order valence-electron chi connectivity index (χ4n) is 20.6. The number of amides is 2. The predicted molar refractivity (Wildman–Crippen MR) is 493 cm³/mol. The number of hydrogen-bond acceptors (Lipinski definition) is 8. The summed E-state index contributed by atoms with van der Waals surface area (Å²) in [4.78, 5) is 71.2. The zero-order valence-corrected chi connectivity index (χ0v) is 74.6. The Bertz CT molecular complexity index is 5680. The number of benzene rings is 10. The lowest BCUT2D eigenvalue weighted by Crippen LogP contribution is -2.43. The normalized spacial score (nSPS) is 13.9. The number of ether oxygens (including phenoxy) is 1. The van der Waals surface area contributed by atoms with Gasteiger partial charge in [-0.3, -0.25) is 19.3 Å². The Hall–Kier alpha value is -10.3. The van der Waals surface area contributed by atoms with Gasteiger partial charge in [0.05, 0.1) is 38.8 Å². The summed E-state index contributed by atoms with van der Waals surface area (Å²) in [5, 5.41) is 16.9. The van der Waals surface area contributed by atoms with Gasteiger partial charge in [0.2, 0.25) is 0 Å². The van der Waals surface area contributed by atoms with Crippen LogP contribution in [0.2, 0.25) is 0 Å². The van der Waals surface area contributed by atoms with Crippen LogP contribution in [0.25, 0.3) is 65.2 Å². The third kappa shape index (κ3) is 17.7. The van der Waals surface area contributed by atoms with Crippen molar-refractivity contribution < 1.29 is 33.8 Å². The maximum atomic E-state index is 14.0. The van der Waals surface area contributed by atoms with Gasteiger partial charge in [0.15, 0.2) is 0 Å². The Morgan fingerprint density at radius 3 is 0.983 bits per heavy atom. The van der Waals surface area contributed by atoms with Gasteiger partial charge >= 0.3 is 17.9 Å². The molecule has 0 saturated heterocycles. The van der Waals surface area contributed by atoms with Crippen LogP contribution in [0.5, 0.6) is 0 Å². The number of carboxylic acid groups (broad SMARTS) is 1. The van der Waals surface area contributed by atoms with E-state index in [9.17, 15) is 29.1 Å². The fourth-order valence-corrected chi connectivity index (χ4v) is 20.6. The maximum absolute atomic E-state index is 14.0. The third-order valence-electron chi connectivity index (χ3n) is 24.3. The summed E-state index contributed by atoms with van der Waals surface area (Å²) in [7, 11) is 0. The second-order valence-electron chi connectivity index (χ2n) is 41.5. The number of cyclic esters (lactones) is 2. The van der Waals surface area contributed by atoms with Crippen molar-refractivity contribution in [2.24, 2.45) is 21.7 Å². The molecule has 0 fully saturated rings. The van der Waals surface area contributed by atoms with Crippen molar-refractivity contribution in [3.8, 4) is 0 Å². The quantitative estimate of drug-likeness (QED) is 0.0243.